The number of rotatable bonds is 2. The Bertz CT molecular complexity index is 498. The predicted molar refractivity (Wildman–Crippen MR) is 69.7 cm³/mol. The lowest BCUT2D eigenvalue weighted by Crippen LogP contribution is -2.38. The summed E-state index contributed by atoms with van der Waals surface area (Å²) in [7, 11) is 0. The van der Waals surface area contributed by atoms with E-state index in [-0.39, 0.29) is 10.8 Å². The van der Waals surface area contributed by atoms with E-state index in [0.717, 1.165) is 5.92 Å². The zero-order chi connectivity index (χ0) is 13.1. The first-order valence-electron chi connectivity index (χ1n) is 6.76. The lowest BCUT2D eigenvalue weighted by Gasteiger charge is -2.44. The molecule has 2 aliphatic carbocycles. The quantitative estimate of drug-likeness (QED) is 0.868. The van der Waals surface area contributed by atoms with E-state index in [2.05, 4.69) is 20.8 Å². The van der Waals surface area contributed by atoms with Crippen LogP contribution in [0.1, 0.15) is 56.6 Å². The Hall–Kier alpha value is -1.25. The Morgan fingerprint density at radius 3 is 2.72 bits per heavy atom. The highest BCUT2D eigenvalue weighted by Gasteiger charge is 2.60. The van der Waals surface area contributed by atoms with Gasteiger partial charge in [0.25, 0.3) is 0 Å². The first-order valence-corrected chi connectivity index (χ1v) is 6.76. The van der Waals surface area contributed by atoms with Crippen molar-refractivity contribution in [2.75, 3.05) is 0 Å². The molecule has 18 heavy (non-hydrogen) atoms. The molecule has 0 radical (unpaired) electrons. The Labute approximate surface area is 108 Å². The molecule has 2 aliphatic rings. The number of hydrogen-bond donors (Lipinski definition) is 1. The molecular weight excluding hydrogens is 226 g/mol. The van der Waals surface area contributed by atoms with Gasteiger partial charge in [0.2, 0.25) is 0 Å². The third kappa shape index (κ3) is 1.33. The molecule has 1 aromatic heterocycles. The van der Waals surface area contributed by atoms with Crippen molar-refractivity contribution in [1.82, 2.24) is 4.57 Å². The molecule has 3 atom stereocenters. The molecule has 0 saturated heterocycles. The van der Waals surface area contributed by atoms with Gasteiger partial charge in [-0.05, 0) is 48.1 Å². The minimum absolute atomic E-state index is 0.191. The molecule has 1 aromatic rings. The Kier molecular flexibility index (Phi) is 2.23. The van der Waals surface area contributed by atoms with Crippen molar-refractivity contribution in [3.63, 3.8) is 0 Å². The number of aromatic carboxylic acids is 1. The standard InChI is InChI=1S/C15H21NO2/c1-14(2)10-6-7-15(3,9-10)13(14)16-8-4-5-11(16)12(17)18/h4-5,8,10,13H,6-7,9H2,1-3H3,(H,17,18). The van der Waals surface area contributed by atoms with Crippen molar-refractivity contribution >= 4 is 5.97 Å². The van der Waals surface area contributed by atoms with Gasteiger partial charge >= 0.3 is 5.97 Å². The fraction of sp³-hybridized carbons (Fsp3) is 0.667. The van der Waals surface area contributed by atoms with E-state index in [9.17, 15) is 9.90 Å². The first kappa shape index (κ1) is 11.8. The van der Waals surface area contributed by atoms with E-state index in [4.69, 9.17) is 0 Å². The van der Waals surface area contributed by atoms with Crippen LogP contribution in [0.2, 0.25) is 0 Å². The van der Waals surface area contributed by atoms with Gasteiger partial charge in [0.1, 0.15) is 5.69 Å². The van der Waals surface area contributed by atoms with Crippen LogP contribution in [0.5, 0.6) is 0 Å². The van der Waals surface area contributed by atoms with Gasteiger partial charge in [-0.3, -0.25) is 0 Å². The zero-order valence-electron chi connectivity index (χ0n) is 11.3. The highest BCUT2D eigenvalue weighted by atomic mass is 16.4. The van der Waals surface area contributed by atoms with E-state index in [1.54, 1.807) is 6.07 Å². The minimum atomic E-state index is -0.817. The topological polar surface area (TPSA) is 42.2 Å². The van der Waals surface area contributed by atoms with E-state index < -0.39 is 5.97 Å². The van der Waals surface area contributed by atoms with Crippen molar-refractivity contribution in [2.24, 2.45) is 16.7 Å². The van der Waals surface area contributed by atoms with Crippen LogP contribution >= 0.6 is 0 Å². The maximum Gasteiger partial charge on any atom is 0.352 e. The van der Waals surface area contributed by atoms with Gasteiger partial charge in [0, 0.05) is 12.2 Å². The molecule has 2 fully saturated rings. The smallest absolute Gasteiger partial charge is 0.352 e. The van der Waals surface area contributed by atoms with Gasteiger partial charge in [0.05, 0.1) is 0 Å². The minimum Gasteiger partial charge on any atom is -0.477 e. The zero-order valence-corrected chi connectivity index (χ0v) is 11.3. The van der Waals surface area contributed by atoms with Crippen LogP contribution in [0.25, 0.3) is 0 Å². The Morgan fingerprint density at radius 1 is 1.44 bits per heavy atom. The molecule has 0 spiro atoms. The second-order valence-electron chi connectivity index (χ2n) is 6.92. The average Bonchev–Trinajstić information content (AvgIpc) is 2.88. The van der Waals surface area contributed by atoms with Crippen molar-refractivity contribution in [2.45, 2.75) is 46.1 Å². The molecule has 0 amide bonds. The van der Waals surface area contributed by atoms with Crippen LogP contribution in [0.3, 0.4) is 0 Å². The molecule has 3 heteroatoms. The molecule has 1 N–H and O–H groups in total. The van der Waals surface area contributed by atoms with Gasteiger partial charge < -0.3 is 9.67 Å². The normalized spacial score (nSPS) is 37.1. The number of aromatic nitrogens is 1. The van der Waals surface area contributed by atoms with Crippen molar-refractivity contribution in [3.05, 3.63) is 24.0 Å². The van der Waals surface area contributed by atoms with Crippen LogP contribution in [-0.2, 0) is 0 Å². The lowest BCUT2D eigenvalue weighted by molar-refractivity contribution is 0.0611. The highest BCUT2D eigenvalue weighted by Crippen LogP contribution is 2.68. The summed E-state index contributed by atoms with van der Waals surface area (Å²) in [5, 5.41) is 9.32. The summed E-state index contributed by atoms with van der Waals surface area (Å²) in [6.07, 6.45) is 5.70. The van der Waals surface area contributed by atoms with E-state index in [1.165, 1.54) is 19.3 Å². The molecule has 2 saturated carbocycles. The maximum absolute atomic E-state index is 11.3. The number of fused-ring (bicyclic) bond motifs is 2. The van der Waals surface area contributed by atoms with Gasteiger partial charge in [-0.2, -0.15) is 0 Å². The summed E-state index contributed by atoms with van der Waals surface area (Å²) in [4.78, 5) is 11.3. The summed E-state index contributed by atoms with van der Waals surface area (Å²) in [6, 6.07) is 3.88. The Balaban J connectivity index is 2.11. The van der Waals surface area contributed by atoms with Crippen LogP contribution in [0, 0.1) is 16.7 Å². The monoisotopic (exact) mass is 247 g/mol. The van der Waals surface area contributed by atoms with Crippen LogP contribution in [0.15, 0.2) is 18.3 Å². The van der Waals surface area contributed by atoms with Gasteiger partial charge in [-0.25, -0.2) is 4.79 Å². The fourth-order valence-corrected chi connectivity index (χ4v) is 4.77. The highest BCUT2D eigenvalue weighted by molar-refractivity contribution is 5.85. The fourth-order valence-electron chi connectivity index (χ4n) is 4.77. The SMILES string of the molecule is CC12CCC(C1)C(C)(C)C2n1cccc1C(=O)O. The lowest BCUT2D eigenvalue weighted by atomic mass is 9.68. The van der Waals surface area contributed by atoms with E-state index in [0.29, 0.717) is 11.7 Å². The van der Waals surface area contributed by atoms with Crippen LogP contribution in [-0.4, -0.2) is 15.6 Å². The third-order valence-electron chi connectivity index (χ3n) is 5.47. The average molecular weight is 247 g/mol. The summed E-state index contributed by atoms with van der Waals surface area (Å²) in [6.45, 7) is 6.94. The second-order valence-corrected chi connectivity index (χ2v) is 6.92. The van der Waals surface area contributed by atoms with Gasteiger partial charge in [0.15, 0.2) is 0 Å². The molecule has 3 rings (SSSR count). The first-order chi connectivity index (χ1) is 8.36. The summed E-state index contributed by atoms with van der Waals surface area (Å²) < 4.78 is 2.02. The van der Waals surface area contributed by atoms with Crippen molar-refractivity contribution in [3.8, 4) is 0 Å². The molecule has 0 aliphatic heterocycles. The Morgan fingerprint density at radius 2 is 2.17 bits per heavy atom. The number of carboxylic acids is 1. The number of carbonyl (C=O) groups is 1. The largest absolute Gasteiger partial charge is 0.477 e. The van der Waals surface area contributed by atoms with Crippen LogP contribution < -0.4 is 0 Å². The molecule has 1 heterocycles. The summed E-state index contributed by atoms with van der Waals surface area (Å²) >= 11 is 0. The van der Waals surface area contributed by atoms with E-state index in [1.807, 2.05) is 16.8 Å². The van der Waals surface area contributed by atoms with Crippen molar-refractivity contribution in [1.29, 1.82) is 0 Å². The van der Waals surface area contributed by atoms with Crippen molar-refractivity contribution < 1.29 is 9.90 Å². The molecular formula is C15H21NO2. The van der Waals surface area contributed by atoms with Crippen LogP contribution in [0.4, 0.5) is 0 Å². The molecule has 98 valence electrons. The molecule has 3 nitrogen and oxygen atoms in total. The number of nitrogens with zero attached hydrogens (tertiary/aromatic N) is 1. The number of carboxylic acid groups (broad SMARTS) is 1. The summed E-state index contributed by atoms with van der Waals surface area (Å²) in [5.41, 5.74) is 0.884. The number of hydrogen-bond acceptors (Lipinski definition) is 1. The molecule has 0 aromatic carbocycles. The third-order valence-corrected chi connectivity index (χ3v) is 5.47. The van der Waals surface area contributed by atoms with Gasteiger partial charge in [-0.1, -0.05) is 20.8 Å². The van der Waals surface area contributed by atoms with E-state index >= 15 is 0 Å². The maximum atomic E-state index is 11.3. The van der Waals surface area contributed by atoms with Gasteiger partial charge in [-0.15, -0.1) is 0 Å². The summed E-state index contributed by atoms with van der Waals surface area (Å²) in [5.74, 6) is -0.0845. The molecule has 3 unspecified atom stereocenters. The predicted octanol–water partition coefficient (Wildman–Crippen LogP) is 3.57. The second kappa shape index (κ2) is 3.40. The molecule has 2 bridgehead atoms.